The summed E-state index contributed by atoms with van der Waals surface area (Å²) in [5.74, 6) is 0.818. The summed E-state index contributed by atoms with van der Waals surface area (Å²) in [4.78, 5) is 11.3. The van der Waals surface area contributed by atoms with E-state index in [1.807, 2.05) is 37.3 Å². The highest BCUT2D eigenvalue weighted by Gasteiger charge is 2.16. The second-order valence-electron chi connectivity index (χ2n) is 6.49. The number of sulfonamides is 1. The quantitative estimate of drug-likeness (QED) is 0.371. The summed E-state index contributed by atoms with van der Waals surface area (Å²) in [6, 6.07) is 21.2. The van der Waals surface area contributed by atoms with Gasteiger partial charge in [-0.3, -0.25) is 5.43 Å². The normalized spacial score (nSPS) is 11.3. The van der Waals surface area contributed by atoms with E-state index in [0.29, 0.717) is 16.6 Å². The maximum Gasteiger partial charge on any atom is 0.257 e. The van der Waals surface area contributed by atoms with Crippen molar-refractivity contribution in [3.05, 3.63) is 84.0 Å². The van der Waals surface area contributed by atoms with Gasteiger partial charge in [0, 0.05) is 17.8 Å². The van der Waals surface area contributed by atoms with Crippen LogP contribution in [0.15, 0.2) is 83.9 Å². The third-order valence-electron chi connectivity index (χ3n) is 4.30. The fourth-order valence-corrected chi connectivity index (χ4v) is 4.54. The molecule has 2 aromatic carbocycles. The topological polar surface area (TPSA) is 93.2 Å². The number of aryl methyl sites for hydroxylation is 1. The first-order valence-electron chi connectivity index (χ1n) is 9.57. The molecule has 2 aromatic heterocycles. The number of nitrogens with one attached hydrogen (secondary N) is 2. The van der Waals surface area contributed by atoms with Gasteiger partial charge in [0.25, 0.3) is 10.0 Å². The second kappa shape index (κ2) is 9.25. The van der Waals surface area contributed by atoms with Crippen molar-refractivity contribution in [1.82, 2.24) is 14.8 Å². The number of hydrazine groups is 1. The lowest BCUT2D eigenvalue weighted by molar-refractivity contribution is 0.496. The molecule has 0 saturated carbocycles. The molecule has 0 amide bonds. The lowest BCUT2D eigenvalue weighted by atomic mass is 10.2. The van der Waals surface area contributed by atoms with E-state index in [-0.39, 0.29) is 4.90 Å². The van der Waals surface area contributed by atoms with Crippen molar-refractivity contribution >= 4 is 27.2 Å². The first kappa shape index (κ1) is 21.0. The molecule has 2 N–H and O–H groups in total. The Balaban J connectivity index is 1.53. The number of pyridine rings is 1. The van der Waals surface area contributed by atoms with Crippen LogP contribution in [0.4, 0.5) is 5.82 Å². The number of thiazole rings is 1. The molecule has 2 heterocycles. The van der Waals surface area contributed by atoms with Crippen LogP contribution in [0.2, 0.25) is 0 Å². The maximum atomic E-state index is 12.4. The molecular formula is C22H20N4O3S2. The fourth-order valence-electron chi connectivity index (χ4n) is 2.78. The lowest BCUT2D eigenvalue weighted by Crippen LogP contribution is -2.29. The minimum absolute atomic E-state index is 0.152. The van der Waals surface area contributed by atoms with Gasteiger partial charge in [-0.25, -0.2) is 18.4 Å². The van der Waals surface area contributed by atoms with Gasteiger partial charge >= 0.3 is 0 Å². The molecule has 31 heavy (non-hydrogen) atoms. The molecule has 7 nitrogen and oxygen atoms in total. The van der Waals surface area contributed by atoms with E-state index in [4.69, 9.17) is 9.72 Å². The van der Waals surface area contributed by atoms with E-state index in [2.05, 4.69) is 15.2 Å². The summed E-state index contributed by atoms with van der Waals surface area (Å²) in [5, 5.41) is 1.64. The molecule has 0 unspecified atom stereocenters. The summed E-state index contributed by atoms with van der Waals surface area (Å²) >= 11 is 1.48. The van der Waals surface area contributed by atoms with E-state index < -0.39 is 10.0 Å². The average Bonchev–Trinajstić information content (AvgIpc) is 3.22. The van der Waals surface area contributed by atoms with Gasteiger partial charge < -0.3 is 4.74 Å². The SMILES string of the molecule is CCc1nc(-c2ccccc2)c(Oc2ccnc(NNS(=O)(=O)c3ccccc3)c2)s1. The molecule has 0 bridgehead atoms. The Hall–Kier alpha value is -3.27. The average molecular weight is 453 g/mol. The molecule has 0 aliphatic carbocycles. The zero-order valence-electron chi connectivity index (χ0n) is 16.6. The standard InChI is InChI=1S/C22H20N4O3S2/c1-2-20-24-21(16-9-5-3-6-10-16)22(30-20)29-17-13-14-23-19(15-17)25-26-31(27,28)18-11-7-4-8-12-18/h3-15,26H,2H2,1H3,(H,23,25). The van der Waals surface area contributed by atoms with E-state index in [1.54, 1.807) is 36.5 Å². The molecule has 9 heteroatoms. The Kier molecular flexibility index (Phi) is 6.26. The molecular weight excluding hydrogens is 432 g/mol. The van der Waals surface area contributed by atoms with Crippen LogP contribution in [-0.2, 0) is 16.4 Å². The predicted octanol–water partition coefficient (Wildman–Crippen LogP) is 4.87. The first-order chi connectivity index (χ1) is 15.0. The van der Waals surface area contributed by atoms with Crippen molar-refractivity contribution in [1.29, 1.82) is 0 Å². The Morgan fingerprint density at radius 1 is 1.00 bits per heavy atom. The van der Waals surface area contributed by atoms with Gasteiger partial charge in [-0.05, 0) is 24.6 Å². The molecule has 0 saturated heterocycles. The number of hydrogen-bond acceptors (Lipinski definition) is 7. The number of rotatable bonds is 8. The minimum Gasteiger partial charge on any atom is -0.444 e. The van der Waals surface area contributed by atoms with Crippen LogP contribution in [0.25, 0.3) is 11.3 Å². The fraction of sp³-hybridized carbons (Fsp3) is 0.0909. The third-order valence-corrected chi connectivity index (χ3v) is 6.64. The highest BCUT2D eigenvalue weighted by Crippen LogP contribution is 2.38. The molecule has 0 aliphatic rings. The van der Waals surface area contributed by atoms with Gasteiger partial charge in [0.1, 0.15) is 17.3 Å². The lowest BCUT2D eigenvalue weighted by Gasteiger charge is -2.10. The number of aromatic nitrogens is 2. The van der Waals surface area contributed by atoms with Crippen molar-refractivity contribution in [2.75, 3.05) is 5.43 Å². The van der Waals surface area contributed by atoms with Gasteiger partial charge in [-0.2, -0.15) is 0 Å². The molecule has 4 rings (SSSR count). The van der Waals surface area contributed by atoms with Gasteiger partial charge in [0.2, 0.25) is 5.06 Å². The van der Waals surface area contributed by atoms with Gasteiger partial charge in [0.15, 0.2) is 0 Å². The van der Waals surface area contributed by atoms with Crippen LogP contribution < -0.4 is 15.0 Å². The largest absolute Gasteiger partial charge is 0.444 e. The second-order valence-corrected chi connectivity index (χ2v) is 9.21. The minimum atomic E-state index is -3.72. The van der Waals surface area contributed by atoms with E-state index >= 15 is 0 Å². The first-order valence-corrected chi connectivity index (χ1v) is 11.9. The van der Waals surface area contributed by atoms with Crippen LogP contribution in [0.3, 0.4) is 0 Å². The van der Waals surface area contributed by atoms with Crippen LogP contribution in [-0.4, -0.2) is 18.4 Å². The summed E-state index contributed by atoms with van der Waals surface area (Å²) in [5.41, 5.74) is 4.38. The summed E-state index contributed by atoms with van der Waals surface area (Å²) in [7, 11) is -3.72. The Morgan fingerprint density at radius 3 is 2.42 bits per heavy atom. The van der Waals surface area contributed by atoms with Gasteiger partial charge in [-0.1, -0.05) is 66.8 Å². The maximum absolute atomic E-state index is 12.4. The Labute approximate surface area is 184 Å². The predicted molar refractivity (Wildman–Crippen MR) is 122 cm³/mol. The van der Waals surface area contributed by atoms with Crippen molar-refractivity contribution in [2.45, 2.75) is 18.2 Å². The zero-order valence-corrected chi connectivity index (χ0v) is 18.3. The van der Waals surface area contributed by atoms with Crippen LogP contribution >= 0.6 is 11.3 Å². The number of nitrogens with zero attached hydrogens (tertiary/aromatic N) is 2. The molecule has 0 aliphatic heterocycles. The number of benzene rings is 2. The highest BCUT2D eigenvalue weighted by atomic mass is 32.2. The van der Waals surface area contributed by atoms with Gasteiger partial charge in [-0.15, -0.1) is 4.83 Å². The zero-order chi connectivity index (χ0) is 21.7. The van der Waals surface area contributed by atoms with Crippen molar-refractivity contribution in [2.24, 2.45) is 0 Å². The molecule has 158 valence electrons. The van der Waals surface area contributed by atoms with E-state index in [1.165, 1.54) is 23.5 Å². The summed E-state index contributed by atoms with van der Waals surface area (Å²) < 4.78 is 30.9. The molecule has 4 aromatic rings. The van der Waals surface area contributed by atoms with Crippen LogP contribution in [0.5, 0.6) is 10.8 Å². The molecule has 0 spiro atoms. The third kappa shape index (κ3) is 5.08. The van der Waals surface area contributed by atoms with Crippen molar-refractivity contribution < 1.29 is 13.2 Å². The van der Waals surface area contributed by atoms with Crippen molar-refractivity contribution in [3.63, 3.8) is 0 Å². The highest BCUT2D eigenvalue weighted by molar-refractivity contribution is 7.89. The Bertz CT molecular complexity index is 1260. The van der Waals surface area contributed by atoms with E-state index in [0.717, 1.165) is 22.7 Å². The summed E-state index contributed by atoms with van der Waals surface area (Å²) in [6.45, 7) is 2.05. The van der Waals surface area contributed by atoms with Crippen LogP contribution in [0.1, 0.15) is 11.9 Å². The van der Waals surface area contributed by atoms with E-state index in [9.17, 15) is 8.42 Å². The van der Waals surface area contributed by atoms with Crippen LogP contribution in [0, 0.1) is 0 Å². The summed E-state index contributed by atoms with van der Waals surface area (Å²) in [6.07, 6.45) is 2.34. The Morgan fingerprint density at radius 2 is 1.71 bits per heavy atom. The molecule has 0 atom stereocenters. The monoisotopic (exact) mass is 452 g/mol. The smallest absolute Gasteiger partial charge is 0.257 e. The molecule has 0 fully saturated rings. The van der Waals surface area contributed by atoms with Gasteiger partial charge in [0.05, 0.1) is 9.90 Å². The number of anilines is 1. The number of ether oxygens (including phenoxy) is 1. The molecule has 0 radical (unpaired) electrons. The van der Waals surface area contributed by atoms with Crippen molar-refractivity contribution in [3.8, 4) is 22.1 Å². The number of hydrogen-bond donors (Lipinski definition) is 2.